The predicted molar refractivity (Wildman–Crippen MR) is 88.0 cm³/mol. The Labute approximate surface area is 139 Å². The highest BCUT2D eigenvalue weighted by molar-refractivity contribution is 7.89. The van der Waals surface area contributed by atoms with Crippen LogP contribution in [0.3, 0.4) is 0 Å². The number of sulfonamides is 1. The van der Waals surface area contributed by atoms with E-state index >= 15 is 0 Å². The van der Waals surface area contributed by atoms with E-state index in [1.165, 1.54) is 15.6 Å². The van der Waals surface area contributed by atoms with Gasteiger partial charge in [0.2, 0.25) is 15.2 Å². The lowest BCUT2D eigenvalue weighted by molar-refractivity contribution is 0.314. The molecule has 1 saturated heterocycles. The molecule has 0 radical (unpaired) electrons. The highest BCUT2D eigenvalue weighted by atomic mass is 32.2. The van der Waals surface area contributed by atoms with Crippen molar-refractivity contribution in [2.45, 2.75) is 23.7 Å². The smallest absolute Gasteiger partial charge is 0.243 e. The summed E-state index contributed by atoms with van der Waals surface area (Å²) in [6.45, 7) is 0.919. The molecule has 9 heteroatoms. The van der Waals surface area contributed by atoms with E-state index in [1.807, 2.05) is 0 Å². The molecule has 1 aliphatic rings. The number of nitrogens with two attached hydrogens (primary N) is 1. The van der Waals surface area contributed by atoms with Crippen LogP contribution in [0.5, 0.6) is 5.75 Å². The number of hydrogen-bond acceptors (Lipinski definition) is 7. The number of rotatable bonds is 4. The van der Waals surface area contributed by atoms with Gasteiger partial charge in [0.1, 0.15) is 10.8 Å². The summed E-state index contributed by atoms with van der Waals surface area (Å²) in [5, 5.41) is 9.09. The van der Waals surface area contributed by atoms with Gasteiger partial charge >= 0.3 is 0 Å². The van der Waals surface area contributed by atoms with Crippen LogP contribution in [-0.4, -0.2) is 43.1 Å². The molecule has 1 unspecified atom stereocenters. The van der Waals surface area contributed by atoms with Crippen LogP contribution in [0, 0.1) is 0 Å². The summed E-state index contributed by atoms with van der Waals surface area (Å²) in [6.07, 6.45) is 1.68. The third-order valence-corrected chi connectivity index (χ3v) is 6.68. The van der Waals surface area contributed by atoms with Crippen molar-refractivity contribution in [2.75, 3.05) is 25.9 Å². The fraction of sp³-hybridized carbons (Fsp3) is 0.429. The van der Waals surface area contributed by atoms with Crippen molar-refractivity contribution in [1.82, 2.24) is 14.5 Å². The molecule has 2 heterocycles. The van der Waals surface area contributed by atoms with Crippen LogP contribution in [0.15, 0.2) is 29.2 Å². The third kappa shape index (κ3) is 3.31. The summed E-state index contributed by atoms with van der Waals surface area (Å²) in [5.41, 5.74) is 5.63. The van der Waals surface area contributed by atoms with Crippen LogP contribution in [0.25, 0.3) is 0 Å². The van der Waals surface area contributed by atoms with E-state index in [9.17, 15) is 8.42 Å². The molecular weight excluding hydrogens is 336 g/mol. The van der Waals surface area contributed by atoms with Gasteiger partial charge in [-0.3, -0.25) is 0 Å². The van der Waals surface area contributed by atoms with Crippen molar-refractivity contribution in [3.63, 3.8) is 0 Å². The first-order chi connectivity index (χ1) is 11.0. The molecule has 1 aliphatic heterocycles. The van der Waals surface area contributed by atoms with Gasteiger partial charge in [0.15, 0.2) is 0 Å². The standard InChI is InChI=1S/C14H18N4O3S2/c1-21-11-4-6-12(7-5-11)23(19,20)18-8-2-3-10(9-18)13-16-17-14(15)22-13/h4-7,10H,2-3,8-9H2,1H3,(H2,15,17). The average molecular weight is 354 g/mol. The Bertz CT molecular complexity index is 774. The van der Waals surface area contributed by atoms with Crippen molar-refractivity contribution < 1.29 is 13.2 Å². The average Bonchev–Trinajstić information content (AvgIpc) is 3.01. The van der Waals surface area contributed by atoms with Gasteiger partial charge in [0.25, 0.3) is 0 Å². The Hall–Kier alpha value is -1.71. The molecule has 1 fully saturated rings. The molecular formula is C14H18N4O3S2. The van der Waals surface area contributed by atoms with E-state index < -0.39 is 10.0 Å². The maximum atomic E-state index is 12.8. The number of benzene rings is 1. The molecule has 23 heavy (non-hydrogen) atoms. The Balaban J connectivity index is 1.81. The number of anilines is 1. The maximum absolute atomic E-state index is 12.8. The zero-order chi connectivity index (χ0) is 16.4. The molecule has 1 atom stereocenters. The Kier molecular flexibility index (Phi) is 4.51. The monoisotopic (exact) mass is 354 g/mol. The molecule has 0 aliphatic carbocycles. The van der Waals surface area contributed by atoms with E-state index in [1.54, 1.807) is 31.4 Å². The van der Waals surface area contributed by atoms with Crippen molar-refractivity contribution in [3.05, 3.63) is 29.3 Å². The van der Waals surface area contributed by atoms with Gasteiger partial charge < -0.3 is 10.5 Å². The maximum Gasteiger partial charge on any atom is 0.243 e. The minimum atomic E-state index is -3.52. The van der Waals surface area contributed by atoms with E-state index in [0.717, 1.165) is 17.8 Å². The van der Waals surface area contributed by atoms with Crippen molar-refractivity contribution >= 4 is 26.5 Å². The molecule has 0 amide bonds. The molecule has 0 bridgehead atoms. The van der Waals surface area contributed by atoms with Gasteiger partial charge in [-0.15, -0.1) is 10.2 Å². The molecule has 0 saturated carbocycles. The molecule has 2 N–H and O–H groups in total. The lowest BCUT2D eigenvalue weighted by Crippen LogP contribution is -2.39. The van der Waals surface area contributed by atoms with E-state index in [2.05, 4.69) is 10.2 Å². The topological polar surface area (TPSA) is 98.4 Å². The van der Waals surface area contributed by atoms with E-state index in [4.69, 9.17) is 10.5 Å². The van der Waals surface area contributed by atoms with Crippen LogP contribution in [0.4, 0.5) is 5.13 Å². The van der Waals surface area contributed by atoms with Crippen LogP contribution in [-0.2, 0) is 10.0 Å². The van der Waals surface area contributed by atoms with Crippen LogP contribution in [0.1, 0.15) is 23.8 Å². The largest absolute Gasteiger partial charge is 0.497 e. The highest BCUT2D eigenvalue weighted by Crippen LogP contribution is 2.32. The SMILES string of the molecule is COc1ccc(S(=O)(=O)N2CCCC(c3nnc(N)s3)C2)cc1. The number of hydrogen-bond donors (Lipinski definition) is 1. The van der Waals surface area contributed by atoms with Crippen molar-refractivity contribution in [3.8, 4) is 5.75 Å². The number of aromatic nitrogens is 2. The molecule has 3 rings (SSSR count). The van der Waals surface area contributed by atoms with Gasteiger partial charge in [0, 0.05) is 19.0 Å². The van der Waals surface area contributed by atoms with Gasteiger partial charge in [-0.25, -0.2) is 8.42 Å². The number of ether oxygens (including phenoxy) is 1. The lowest BCUT2D eigenvalue weighted by Gasteiger charge is -2.30. The molecule has 1 aromatic carbocycles. The number of nitrogen functional groups attached to an aromatic ring is 1. The molecule has 1 aromatic heterocycles. The normalized spacial score (nSPS) is 19.6. The van der Waals surface area contributed by atoms with E-state index in [0.29, 0.717) is 24.0 Å². The molecule has 124 valence electrons. The minimum absolute atomic E-state index is 0.0478. The zero-order valence-corrected chi connectivity index (χ0v) is 14.3. The second-order valence-electron chi connectivity index (χ2n) is 5.36. The highest BCUT2D eigenvalue weighted by Gasteiger charge is 2.32. The lowest BCUT2D eigenvalue weighted by atomic mass is 10.0. The van der Waals surface area contributed by atoms with Crippen molar-refractivity contribution in [2.24, 2.45) is 0 Å². The molecule has 0 spiro atoms. The van der Waals surface area contributed by atoms with Gasteiger partial charge in [-0.05, 0) is 37.1 Å². The summed E-state index contributed by atoms with van der Waals surface area (Å²) in [7, 11) is -1.97. The number of piperidine rings is 1. The van der Waals surface area contributed by atoms with Crippen LogP contribution in [0.2, 0.25) is 0 Å². The Morgan fingerprint density at radius 3 is 2.65 bits per heavy atom. The Morgan fingerprint density at radius 2 is 2.04 bits per heavy atom. The van der Waals surface area contributed by atoms with Crippen LogP contribution < -0.4 is 10.5 Å². The number of methoxy groups -OCH3 is 1. The van der Waals surface area contributed by atoms with Crippen molar-refractivity contribution in [1.29, 1.82) is 0 Å². The second-order valence-corrected chi connectivity index (χ2v) is 8.33. The predicted octanol–water partition coefficient (Wildman–Crippen LogP) is 1.70. The third-order valence-electron chi connectivity index (χ3n) is 3.89. The van der Waals surface area contributed by atoms with Crippen LogP contribution >= 0.6 is 11.3 Å². The Morgan fingerprint density at radius 1 is 1.30 bits per heavy atom. The summed E-state index contributed by atoms with van der Waals surface area (Å²) in [6, 6.07) is 6.45. The zero-order valence-electron chi connectivity index (χ0n) is 12.7. The van der Waals surface area contributed by atoms with Gasteiger partial charge in [0.05, 0.1) is 12.0 Å². The first-order valence-electron chi connectivity index (χ1n) is 7.24. The van der Waals surface area contributed by atoms with E-state index in [-0.39, 0.29) is 10.8 Å². The second kappa shape index (κ2) is 6.42. The van der Waals surface area contributed by atoms with Gasteiger partial charge in [-0.2, -0.15) is 4.31 Å². The molecule has 7 nitrogen and oxygen atoms in total. The quantitative estimate of drug-likeness (QED) is 0.897. The first-order valence-corrected chi connectivity index (χ1v) is 9.49. The van der Waals surface area contributed by atoms with Gasteiger partial charge in [-0.1, -0.05) is 11.3 Å². The number of nitrogens with zero attached hydrogens (tertiary/aromatic N) is 3. The first kappa shape index (κ1) is 16.2. The summed E-state index contributed by atoms with van der Waals surface area (Å²) >= 11 is 1.33. The summed E-state index contributed by atoms with van der Waals surface area (Å²) in [5.74, 6) is 0.677. The summed E-state index contributed by atoms with van der Waals surface area (Å²) in [4.78, 5) is 0.274. The summed E-state index contributed by atoms with van der Waals surface area (Å²) < 4.78 is 32.2. The molecule has 2 aromatic rings. The fourth-order valence-electron chi connectivity index (χ4n) is 2.67. The fourth-order valence-corrected chi connectivity index (χ4v) is 4.93. The minimum Gasteiger partial charge on any atom is -0.497 e.